The third-order valence-corrected chi connectivity index (χ3v) is 4.31. The number of fused-ring (bicyclic) bond motifs is 1. The Labute approximate surface area is 134 Å². The lowest BCUT2D eigenvalue weighted by atomic mass is 9.80. The summed E-state index contributed by atoms with van der Waals surface area (Å²) in [7, 11) is 0. The SMILES string of the molecule is Cc1[nH]nc2c1C(c1ccccc1C(F)(F)F)C1=C(COC1=O)N2. The molecule has 0 spiro atoms. The molecule has 0 fully saturated rings. The minimum atomic E-state index is -4.53. The van der Waals surface area contributed by atoms with E-state index in [1.807, 2.05) is 0 Å². The van der Waals surface area contributed by atoms with Crippen LogP contribution in [0.4, 0.5) is 19.0 Å². The van der Waals surface area contributed by atoms with E-state index < -0.39 is 23.6 Å². The minimum absolute atomic E-state index is 0.00417. The Kier molecular flexibility index (Phi) is 3.00. The molecule has 2 aromatic rings. The summed E-state index contributed by atoms with van der Waals surface area (Å²) in [5.74, 6) is -1.06. The Morgan fingerprint density at radius 1 is 1.29 bits per heavy atom. The molecule has 4 rings (SSSR count). The van der Waals surface area contributed by atoms with Crippen LogP contribution in [0.15, 0.2) is 35.5 Å². The number of cyclic esters (lactones) is 1. The first-order valence-electron chi connectivity index (χ1n) is 7.26. The number of anilines is 1. The quantitative estimate of drug-likeness (QED) is 0.786. The highest BCUT2D eigenvalue weighted by molar-refractivity contribution is 5.97. The average molecular weight is 335 g/mol. The van der Waals surface area contributed by atoms with E-state index in [1.165, 1.54) is 18.2 Å². The Balaban J connectivity index is 2.00. The number of nitrogens with one attached hydrogen (secondary N) is 2. The van der Waals surface area contributed by atoms with E-state index in [0.29, 0.717) is 22.8 Å². The van der Waals surface area contributed by atoms with Crippen molar-refractivity contribution in [3.63, 3.8) is 0 Å². The largest absolute Gasteiger partial charge is 0.456 e. The zero-order valence-corrected chi connectivity index (χ0v) is 12.5. The number of nitrogens with zero attached hydrogens (tertiary/aromatic N) is 1. The smallest absolute Gasteiger partial charge is 0.416 e. The van der Waals surface area contributed by atoms with E-state index in [1.54, 1.807) is 6.92 Å². The van der Waals surface area contributed by atoms with E-state index in [-0.39, 0.29) is 17.7 Å². The minimum Gasteiger partial charge on any atom is -0.456 e. The number of ether oxygens (including phenoxy) is 1. The lowest BCUT2D eigenvalue weighted by Crippen LogP contribution is -2.22. The number of aromatic nitrogens is 2. The van der Waals surface area contributed by atoms with Crippen LogP contribution in [0.5, 0.6) is 0 Å². The van der Waals surface area contributed by atoms with Gasteiger partial charge < -0.3 is 10.1 Å². The third kappa shape index (κ3) is 2.02. The van der Waals surface area contributed by atoms with Gasteiger partial charge >= 0.3 is 12.1 Å². The fourth-order valence-corrected chi connectivity index (χ4v) is 3.30. The summed E-state index contributed by atoms with van der Waals surface area (Å²) in [5.41, 5.74) is 1.05. The van der Waals surface area contributed by atoms with Crippen molar-refractivity contribution in [2.75, 3.05) is 11.9 Å². The number of hydrogen-bond acceptors (Lipinski definition) is 4. The monoisotopic (exact) mass is 335 g/mol. The highest BCUT2D eigenvalue weighted by Gasteiger charge is 2.44. The van der Waals surface area contributed by atoms with E-state index in [9.17, 15) is 18.0 Å². The summed E-state index contributed by atoms with van der Waals surface area (Å²) >= 11 is 0. The molecule has 0 bridgehead atoms. The number of hydrogen-bond donors (Lipinski definition) is 2. The maximum absolute atomic E-state index is 13.5. The molecule has 5 nitrogen and oxygen atoms in total. The van der Waals surface area contributed by atoms with Crippen LogP contribution in [-0.4, -0.2) is 22.8 Å². The van der Waals surface area contributed by atoms with Gasteiger partial charge in [0.05, 0.1) is 16.8 Å². The van der Waals surface area contributed by atoms with E-state index in [2.05, 4.69) is 15.5 Å². The van der Waals surface area contributed by atoms with Gasteiger partial charge in [-0.3, -0.25) is 5.10 Å². The molecule has 2 aliphatic heterocycles. The first kappa shape index (κ1) is 14.8. The molecule has 124 valence electrons. The van der Waals surface area contributed by atoms with E-state index in [0.717, 1.165) is 6.07 Å². The van der Waals surface area contributed by atoms with Gasteiger partial charge in [0.2, 0.25) is 0 Å². The molecule has 1 aromatic heterocycles. The Morgan fingerprint density at radius 2 is 2.04 bits per heavy atom. The van der Waals surface area contributed by atoms with Crippen LogP contribution in [0.2, 0.25) is 0 Å². The molecule has 8 heteroatoms. The van der Waals surface area contributed by atoms with Crippen LogP contribution in [-0.2, 0) is 15.7 Å². The summed E-state index contributed by atoms with van der Waals surface area (Å²) in [6.45, 7) is 1.72. The van der Waals surface area contributed by atoms with Gasteiger partial charge in [-0.05, 0) is 18.6 Å². The fraction of sp³-hybridized carbons (Fsp3) is 0.250. The second-order valence-electron chi connectivity index (χ2n) is 5.72. The molecule has 1 atom stereocenters. The van der Waals surface area contributed by atoms with Gasteiger partial charge in [-0.1, -0.05) is 18.2 Å². The zero-order chi connectivity index (χ0) is 17.1. The number of esters is 1. The number of carbonyl (C=O) groups excluding carboxylic acids is 1. The second-order valence-corrected chi connectivity index (χ2v) is 5.72. The van der Waals surface area contributed by atoms with Crippen LogP contribution in [0, 0.1) is 6.92 Å². The molecule has 0 saturated heterocycles. The van der Waals surface area contributed by atoms with Crippen molar-refractivity contribution in [3.8, 4) is 0 Å². The van der Waals surface area contributed by atoms with Crippen LogP contribution >= 0.6 is 0 Å². The molecular formula is C16H12F3N3O2. The van der Waals surface area contributed by atoms with Crippen molar-refractivity contribution in [2.45, 2.75) is 19.0 Å². The molecule has 2 N–H and O–H groups in total. The topological polar surface area (TPSA) is 67.0 Å². The standard InChI is InChI=1S/C16H12F3N3O2/c1-7-11-12(8-4-2-3-5-9(8)16(17,18)19)13-10(6-24-15(13)23)20-14(11)22-21-7/h2-5,12H,6H2,1H3,(H2,20,21,22). The van der Waals surface area contributed by atoms with E-state index >= 15 is 0 Å². The molecule has 3 heterocycles. The Bertz CT molecular complexity index is 883. The number of aryl methyl sites for hydroxylation is 1. The molecular weight excluding hydrogens is 323 g/mol. The number of H-pyrrole nitrogens is 1. The maximum Gasteiger partial charge on any atom is 0.416 e. The van der Waals surface area contributed by atoms with Gasteiger partial charge in [0.15, 0.2) is 5.82 Å². The summed E-state index contributed by atoms with van der Waals surface area (Å²) in [6.07, 6.45) is -4.53. The molecule has 0 radical (unpaired) electrons. The van der Waals surface area contributed by atoms with Gasteiger partial charge in [-0.25, -0.2) is 4.79 Å². The number of carbonyl (C=O) groups is 1. The first-order valence-corrected chi connectivity index (χ1v) is 7.26. The number of aromatic amines is 1. The zero-order valence-electron chi connectivity index (χ0n) is 12.5. The van der Waals surface area contributed by atoms with Crippen molar-refractivity contribution in [1.82, 2.24) is 10.2 Å². The maximum atomic E-state index is 13.5. The summed E-state index contributed by atoms with van der Waals surface area (Å²) in [4.78, 5) is 12.2. The predicted octanol–water partition coefficient (Wildman–Crippen LogP) is 3.11. The normalized spacial score (nSPS) is 19.7. The summed E-state index contributed by atoms with van der Waals surface area (Å²) in [5, 5.41) is 9.84. The first-order chi connectivity index (χ1) is 11.4. The number of benzene rings is 1. The third-order valence-electron chi connectivity index (χ3n) is 4.31. The molecule has 1 unspecified atom stereocenters. The van der Waals surface area contributed by atoms with Gasteiger partial charge in [0.1, 0.15) is 6.61 Å². The van der Waals surface area contributed by atoms with Gasteiger partial charge in [0.25, 0.3) is 0 Å². The molecule has 24 heavy (non-hydrogen) atoms. The lowest BCUT2D eigenvalue weighted by Gasteiger charge is -2.26. The van der Waals surface area contributed by atoms with Crippen LogP contribution < -0.4 is 5.32 Å². The van der Waals surface area contributed by atoms with Crippen molar-refractivity contribution in [1.29, 1.82) is 0 Å². The molecule has 0 saturated carbocycles. The second kappa shape index (κ2) is 4.86. The lowest BCUT2D eigenvalue weighted by molar-refractivity contribution is -0.139. The van der Waals surface area contributed by atoms with Crippen LogP contribution in [0.25, 0.3) is 0 Å². The van der Waals surface area contributed by atoms with Gasteiger partial charge in [-0.15, -0.1) is 0 Å². The Hall–Kier alpha value is -2.77. The van der Waals surface area contributed by atoms with Gasteiger partial charge in [0, 0.05) is 17.2 Å². The summed E-state index contributed by atoms with van der Waals surface area (Å²) < 4.78 is 45.4. The molecule has 2 aliphatic rings. The average Bonchev–Trinajstić information content (AvgIpc) is 3.09. The highest BCUT2D eigenvalue weighted by Crippen LogP contribution is 2.47. The number of halogens is 3. The number of alkyl halides is 3. The van der Waals surface area contributed by atoms with Gasteiger partial charge in [-0.2, -0.15) is 18.3 Å². The summed E-state index contributed by atoms with van der Waals surface area (Å²) in [6, 6.07) is 5.28. The molecule has 0 amide bonds. The Morgan fingerprint density at radius 3 is 2.79 bits per heavy atom. The molecule has 0 aliphatic carbocycles. The molecule has 1 aromatic carbocycles. The van der Waals surface area contributed by atoms with E-state index in [4.69, 9.17) is 4.74 Å². The highest BCUT2D eigenvalue weighted by atomic mass is 19.4. The fourth-order valence-electron chi connectivity index (χ4n) is 3.30. The van der Waals surface area contributed by atoms with Crippen molar-refractivity contribution >= 4 is 11.8 Å². The van der Waals surface area contributed by atoms with Crippen molar-refractivity contribution in [3.05, 3.63) is 57.9 Å². The van der Waals surface area contributed by atoms with Crippen molar-refractivity contribution in [2.24, 2.45) is 0 Å². The van der Waals surface area contributed by atoms with Crippen LogP contribution in [0.1, 0.15) is 28.3 Å². The predicted molar refractivity (Wildman–Crippen MR) is 78.2 cm³/mol. The van der Waals surface area contributed by atoms with Crippen LogP contribution in [0.3, 0.4) is 0 Å². The number of rotatable bonds is 1. The van der Waals surface area contributed by atoms with Crippen molar-refractivity contribution < 1.29 is 22.7 Å².